The Morgan fingerprint density at radius 2 is 1.79 bits per heavy atom. The molecule has 0 aliphatic carbocycles. The molecule has 0 fully saturated rings. The number of ether oxygens (including phenoxy) is 1. The van der Waals surface area contributed by atoms with Crippen LogP contribution in [0.4, 0.5) is 0 Å². The van der Waals surface area contributed by atoms with E-state index in [2.05, 4.69) is 20.9 Å². The van der Waals surface area contributed by atoms with E-state index in [1.54, 1.807) is 32.0 Å². The third-order valence-corrected chi connectivity index (χ3v) is 7.16. The Morgan fingerprint density at radius 3 is 2.52 bits per heavy atom. The summed E-state index contributed by atoms with van der Waals surface area (Å²) >= 11 is 0.936. The molecule has 0 radical (unpaired) electrons. The van der Waals surface area contributed by atoms with Crippen molar-refractivity contribution in [1.29, 1.82) is 0 Å². The Bertz CT molecular complexity index is 1230. The Labute approximate surface area is 248 Å². The summed E-state index contributed by atoms with van der Waals surface area (Å²) in [7, 11) is 0. The molecule has 0 saturated heterocycles. The summed E-state index contributed by atoms with van der Waals surface area (Å²) < 4.78 is 5.11. The van der Waals surface area contributed by atoms with Crippen LogP contribution in [0.1, 0.15) is 45.1 Å². The van der Waals surface area contributed by atoms with Gasteiger partial charge in [-0.05, 0) is 43.1 Å². The number of phenols is 1. The summed E-state index contributed by atoms with van der Waals surface area (Å²) in [5, 5.41) is 28.4. The fourth-order valence-electron chi connectivity index (χ4n) is 3.81. The van der Waals surface area contributed by atoms with Crippen molar-refractivity contribution in [2.45, 2.75) is 52.1 Å². The molecule has 8 N–H and O–H groups in total. The average molecular weight is 608 g/mol. The largest absolute Gasteiger partial charge is 0.508 e. The Hall–Kier alpha value is -3.62. The lowest BCUT2D eigenvalue weighted by Gasteiger charge is -2.29. The van der Waals surface area contributed by atoms with Crippen molar-refractivity contribution in [3.05, 3.63) is 30.0 Å². The second-order valence-corrected chi connectivity index (χ2v) is 11.5. The van der Waals surface area contributed by atoms with Crippen molar-refractivity contribution in [3.8, 4) is 5.75 Å². The quantitative estimate of drug-likeness (QED) is 0.0707. The van der Waals surface area contributed by atoms with Crippen LogP contribution in [0.25, 0.3) is 10.9 Å². The molecule has 0 spiro atoms. The van der Waals surface area contributed by atoms with Gasteiger partial charge in [-0.25, -0.2) is 0 Å². The van der Waals surface area contributed by atoms with E-state index >= 15 is 0 Å². The molecular formula is C28H41N5O8S. The van der Waals surface area contributed by atoms with Crippen LogP contribution in [0.3, 0.4) is 0 Å². The molecule has 2 aromatic rings. The SMILES string of the molecule is CC(C)(COC(=O)CCCN)[C@@H](O)C(=O)NCCC(=O)NCCSC(=O)CC(=O)NCCc1c[nH]c2ccc(O)cc12. The molecular weight excluding hydrogens is 566 g/mol. The average Bonchev–Trinajstić information content (AvgIpc) is 3.34. The molecule has 1 atom stereocenters. The maximum absolute atomic E-state index is 12.3. The Kier molecular flexibility index (Phi) is 14.3. The van der Waals surface area contributed by atoms with E-state index in [1.165, 1.54) is 0 Å². The number of hydrogen-bond donors (Lipinski definition) is 7. The number of benzene rings is 1. The normalized spacial score (nSPS) is 12.0. The lowest BCUT2D eigenvalue weighted by atomic mass is 9.87. The molecule has 13 nitrogen and oxygen atoms in total. The van der Waals surface area contributed by atoms with Crippen molar-refractivity contribution in [3.63, 3.8) is 0 Å². The molecule has 232 valence electrons. The zero-order valence-corrected chi connectivity index (χ0v) is 24.8. The number of nitrogens with one attached hydrogen (secondary N) is 4. The van der Waals surface area contributed by atoms with Gasteiger partial charge in [-0.1, -0.05) is 25.6 Å². The summed E-state index contributed by atoms with van der Waals surface area (Å²) in [4.78, 5) is 63.2. The van der Waals surface area contributed by atoms with Crippen LogP contribution in [0.15, 0.2) is 24.4 Å². The molecule has 0 aliphatic heterocycles. The lowest BCUT2D eigenvalue weighted by molar-refractivity contribution is -0.153. The predicted molar refractivity (Wildman–Crippen MR) is 158 cm³/mol. The van der Waals surface area contributed by atoms with Gasteiger partial charge in [0.05, 0.1) is 13.0 Å². The first-order chi connectivity index (χ1) is 19.9. The van der Waals surface area contributed by atoms with Crippen molar-refractivity contribution >= 4 is 51.5 Å². The molecule has 0 saturated carbocycles. The van der Waals surface area contributed by atoms with Crippen molar-refractivity contribution < 1.29 is 38.9 Å². The maximum Gasteiger partial charge on any atom is 0.305 e. The van der Waals surface area contributed by atoms with Gasteiger partial charge in [0, 0.05) is 60.7 Å². The molecule has 0 aliphatic rings. The van der Waals surface area contributed by atoms with Crippen molar-refractivity contribution in [2.24, 2.45) is 11.1 Å². The number of esters is 1. The molecule has 14 heteroatoms. The summed E-state index contributed by atoms with van der Waals surface area (Å²) in [6, 6.07) is 5.01. The number of aliphatic hydroxyl groups is 1. The van der Waals surface area contributed by atoms with E-state index < -0.39 is 29.3 Å². The number of carbonyl (C=O) groups is 5. The molecule has 3 amide bonds. The molecule has 0 unspecified atom stereocenters. The molecule has 2 rings (SSSR count). The topological polar surface area (TPSA) is 213 Å². The van der Waals surface area contributed by atoms with E-state index in [9.17, 15) is 34.2 Å². The van der Waals surface area contributed by atoms with Gasteiger partial charge in [0.2, 0.25) is 17.7 Å². The highest BCUT2D eigenvalue weighted by atomic mass is 32.2. The standard InChI is InChI=1S/C28H41N5O8S/c1-28(2,17-41-24(37)4-3-9-29)26(39)27(40)32-11-8-22(35)31-12-13-42-25(38)15-23(36)30-10-7-18-16-33-21-6-5-19(34)14-20(18)21/h5-6,14,16,26,33-34,39H,3-4,7-13,15,17,29H2,1-2H3,(H,30,36)(H,31,35)(H,32,40)/t26-/m0/s1. The molecule has 1 aromatic carbocycles. The first-order valence-corrected chi connectivity index (χ1v) is 14.7. The number of rotatable bonds is 18. The highest BCUT2D eigenvalue weighted by Gasteiger charge is 2.34. The van der Waals surface area contributed by atoms with Gasteiger partial charge < -0.3 is 41.6 Å². The monoisotopic (exact) mass is 607 g/mol. The Morgan fingerprint density at radius 1 is 1.05 bits per heavy atom. The van der Waals surface area contributed by atoms with Crippen LogP contribution >= 0.6 is 11.8 Å². The zero-order chi connectivity index (χ0) is 31.1. The highest BCUT2D eigenvalue weighted by Crippen LogP contribution is 2.23. The molecule has 1 heterocycles. The number of fused-ring (bicyclic) bond motifs is 1. The number of aliphatic hydroxyl groups excluding tert-OH is 1. The van der Waals surface area contributed by atoms with Gasteiger partial charge in [-0.2, -0.15) is 0 Å². The van der Waals surface area contributed by atoms with Crippen LogP contribution in [0.5, 0.6) is 5.75 Å². The fourth-order valence-corrected chi connectivity index (χ4v) is 4.48. The highest BCUT2D eigenvalue weighted by molar-refractivity contribution is 8.13. The minimum Gasteiger partial charge on any atom is -0.508 e. The first-order valence-electron chi connectivity index (χ1n) is 13.7. The van der Waals surface area contributed by atoms with Crippen LogP contribution in [0, 0.1) is 5.41 Å². The summed E-state index contributed by atoms with van der Waals surface area (Å²) in [5.74, 6) is -1.46. The van der Waals surface area contributed by atoms with Gasteiger partial charge in [-0.3, -0.25) is 24.0 Å². The van der Waals surface area contributed by atoms with Gasteiger partial charge >= 0.3 is 5.97 Å². The third-order valence-electron chi connectivity index (χ3n) is 6.29. The van der Waals surface area contributed by atoms with E-state index in [4.69, 9.17) is 10.5 Å². The number of aromatic nitrogens is 1. The number of hydrogen-bond acceptors (Lipinski definition) is 10. The van der Waals surface area contributed by atoms with Crippen LogP contribution in [-0.4, -0.2) is 88.6 Å². The second-order valence-electron chi connectivity index (χ2n) is 10.4. The van der Waals surface area contributed by atoms with Crippen molar-refractivity contribution in [2.75, 3.05) is 38.5 Å². The minimum absolute atomic E-state index is 0.0138. The Balaban J connectivity index is 1.55. The number of aromatic hydroxyl groups is 1. The van der Waals surface area contributed by atoms with Crippen LogP contribution in [0.2, 0.25) is 0 Å². The van der Waals surface area contributed by atoms with Crippen LogP contribution in [-0.2, 0) is 35.1 Å². The maximum atomic E-state index is 12.3. The predicted octanol–water partition coefficient (Wildman–Crippen LogP) is 0.474. The summed E-state index contributed by atoms with van der Waals surface area (Å²) in [6.45, 7) is 3.89. The number of carbonyl (C=O) groups excluding carboxylic acids is 5. The number of H-pyrrole nitrogens is 1. The number of aromatic amines is 1. The molecule has 0 bridgehead atoms. The van der Waals surface area contributed by atoms with E-state index in [-0.39, 0.29) is 61.5 Å². The number of nitrogens with two attached hydrogens (primary N) is 1. The number of phenolic OH excluding ortho intramolecular Hbond substituents is 1. The molecule has 1 aromatic heterocycles. The van der Waals surface area contributed by atoms with Gasteiger partial charge in [-0.15, -0.1) is 0 Å². The third kappa shape index (κ3) is 12.1. The van der Waals surface area contributed by atoms with E-state index in [1.807, 2.05) is 6.20 Å². The zero-order valence-electron chi connectivity index (χ0n) is 24.0. The smallest absolute Gasteiger partial charge is 0.305 e. The van der Waals surface area contributed by atoms with Crippen molar-refractivity contribution in [1.82, 2.24) is 20.9 Å². The lowest BCUT2D eigenvalue weighted by Crippen LogP contribution is -2.47. The second kappa shape index (κ2) is 17.4. The van der Waals surface area contributed by atoms with Gasteiger partial charge in [0.1, 0.15) is 11.9 Å². The summed E-state index contributed by atoms with van der Waals surface area (Å²) in [6.07, 6.45) is 1.22. The number of amides is 3. The van der Waals surface area contributed by atoms with Crippen LogP contribution < -0.4 is 21.7 Å². The molecule has 42 heavy (non-hydrogen) atoms. The minimum atomic E-state index is -1.45. The fraction of sp³-hybridized carbons (Fsp3) is 0.536. The van der Waals surface area contributed by atoms with E-state index in [0.717, 1.165) is 28.2 Å². The van der Waals surface area contributed by atoms with E-state index in [0.29, 0.717) is 25.9 Å². The number of thioether (sulfide) groups is 1. The van der Waals surface area contributed by atoms with Gasteiger partial charge in [0.15, 0.2) is 5.12 Å². The van der Waals surface area contributed by atoms with Gasteiger partial charge in [0.25, 0.3) is 0 Å². The first kappa shape index (κ1) is 34.6. The summed E-state index contributed by atoms with van der Waals surface area (Å²) in [5.41, 5.74) is 6.14.